The maximum atomic E-state index is 12.4. The lowest BCUT2D eigenvalue weighted by Gasteiger charge is -2.32. The number of benzene rings is 1. The van der Waals surface area contributed by atoms with E-state index in [1.54, 1.807) is 19.2 Å². The molecule has 0 radical (unpaired) electrons. The number of hydrogen-bond donors (Lipinski definition) is 1. The third kappa shape index (κ3) is 5.54. The Hall–Kier alpha value is -1.63. The Kier molecular flexibility index (Phi) is 7.28. The van der Waals surface area contributed by atoms with E-state index in [0.717, 1.165) is 32.5 Å². The number of amides is 1. The standard InChI is InChI=1S/C23H30ClN3O2S/c1-29-20-10-9-17(13-18(20)24)25-22(28)11-8-16-5-4-12-27(14-16)15-23-26-19-6-2-3-7-21(19)30-23/h9-10,13,16H,2-8,11-12,14-15H2,1H3,(H,25,28)/t16-/m0/s1. The number of ether oxygens (including phenoxy) is 1. The summed E-state index contributed by atoms with van der Waals surface area (Å²) in [6.45, 7) is 3.16. The lowest BCUT2D eigenvalue weighted by Crippen LogP contribution is -2.35. The monoisotopic (exact) mass is 447 g/mol. The van der Waals surface area contributed by atoms with E-state index < -0.39 is 0 Å². The Morgan fingerprint density at radius 1 is 1.33 bits per heavy atom. The zero-order valence-electron chi connectivity index (χ0n) is 17.6. The van der Waals surface area contributed by atoms with Crippen LogP contribution in [0.25, 0.3) is 0 Å². The zero-order chi connectivity index (χ0) is 20.9. The van der Waals surface area contributed by atoms with Crippen LogP contribution in [0.3, 0.4) is 0 Å². The number of likely N-dealkylation sites (tertiary alicyclic amines) is 1. The number of hydrogen-bond acceptors (Lipinski definition) is 5. The predicted octanol–water partition coefficient (Wildman–Crippen LogP) is 5.31. The Morgan fingerprint density at radius 2 is 2.20 bits per heavy atom. The van der Waals surface area contributed by atoms with Gasteiger partial charge >= 0.3 is 0 Å². The van der Waals surface area contributed by atoms with Crippen LogP contribution < -0.4 is 10.1 Å². The van der Waals surface area contributed by atoms with Crippen LogP contribution in [0.1, 0.15) is 54.1 Å². The van der Waals surface area contributed by atoms with Crippen LogP contribution in [-0.2, 0) is 24.2 Å². The van der Waals surface area contributed by atoms with Gasteiger partial charge in [0.25, 0.3) is 0 Å². The molecule has 162 valence electrons. The highest BCUT2D eigenvalue weighted by Gasteiger charge is 2.23. The molecule has 0 spiro atoms. The first-order chi connectivity index (χ1) is 14.6. The molecule has 30 heavy (non-hydrogen) atoms. The number of fused-ring (bicyclic) bond motifs is 1. The van der Waals surface area contributed by atoms with Crippen LogP contribution in [-0.4, -0.2) is 36.0 Å². The Balaban J connectivity index is 1.24. The number of thiazole rings is 1. The van der Waals surface area contributed by atoms with Crippen LogP contribution in [0.2, 0.25) is 5.02 Å². The van der Waals surface area contributed by atoms with E-state index in [1.165, 1.54) is 47.7 Å². The first-order valence-electron chi connectivity index (χ1n) is 10.9. The summed E-state index contributed by atoms with van der Waals surface area (Å²) in [5, 5.41) is 4.73. The summed E-state index contributed by atoms with van der Waals surface area (Å²) in [5.74, 6) is 1.22. The van der Waals surface area contributed by atoms with E-state index in [1.807, 2.05) is 17.4 Å². The molecule has 1 aliphatic heterocycles. The molecule has 0 saturated carbocycles. The van der Waals surface area contributed by atoms with Crippen molar-refractivity contribution in [1.29, 1.82) is 0 Å². The summed E-state index contributed by atoms with van der Waals surface area (Å²) in [4.78, 5) is 21.3. The highest BCUT2D eigenvalue weighted by molar-refractivity contribution is 7.11. The highest BCUT2D eigenvalue weighted by Crippen LogP contribution is 2.30. The van der Waals surface area contributed by atoms with Crippen molar-refractivity contribution in [2.24, 2.45) is 5.92 Å². The first-order valence-corrected chi connectivity index (χ1v) is 12.1. The van der Waals surface area contributed by atoms with Gasteiger partial charge in [0.2, 0.25) is 5.91 Å². The molecule has 2 aromatic rings. The molecule has 1 aliphatic carbocycles. The van der Waals surface area contributed by atoms with Crippen molar-refractivity contribution in [2.75, 3.05) is 25.5 Å². The Morgan fingerprint density at radius 3 is 3.00 bits per heavy atom. The molecule has 0 unspecified atom stereocenters. The lowest BCUT2D eigenvalue weighted by molar-refractivity contribution is -0.116. The number of methoxy groups -OCH3 is 1. The van der Waals surface area contributed by atoms with Gasteiger partial charge in [0.15, 0.2) is 0 Å². The minimum Gasteiger partial charge on any atom is -0.495 e. The molecule has 1 N–H and O–H groups in total. The SMILES string of the molecule is COc1ccc(NC(=O)CC[C@@H]2CCCN(Cc3nc4c(s3)CCCC4)C2)cc1Cl. The molecule has 0 bridgehead atoms. The van der Waals surface area contributed by atoms with Gasteiger partial charge in [-0.05, 0) is 75.6 Å². The summed E-state index contributed by atoms with van der Waals surface area (Å²) >= 11 is 8.06. The van der Waals surface area contributed by atoms with Gasteiger partial charge in [-0.2, -0.15) is 0 Å². The van der Waals surface area contributed by atoms with Crippen LogP contribution in [0.5, 0.6) is 5.75 Å². The average molecular weight is 448 g/mol. The van der Waals surface area contributed by atoms with Gasteiger partial charge in [-0.3, -0.25) is 9.69 Å². The largest absolute Gasteiger partial charge is 0.495 e. The minimum atomic E-state index is 0.0426. The van der Waals surface area contributed by atoms with Crippen LogP contribution in [0.4, 0.5) is 5.69 Å². The van der Waals surface area contributed by atoms with Gasteiger partial charge < -0.3 is 10.1 Å². The molecule has 1 saturated heterocycles. The molecule has 4 rings (SSSR count). The molecular formula is C23H30ClN3O2S. The molecule has 1 atom stereocenters. The highest BCUT2D eigenvalue weighted by atomic mass is 35.5. The third-order valence-corrected chi connectivity index (χ3v) is 7.50. The molecular weight excluding hydrogens is 418 g/mol. The number of aromatic nitrogens is 1. The molecule has 1 aromatic heterocycles. The van der Waals surface area contributed by atoms with E-state index >= 15 is 0 Å². The van der Waals surface area contributed by atoms with Crippen molar-refractivity contribution in [3.05, 3.63) is 38.8 Å². The first kappa shape index (κ1) is 21.6. The van der Waals surface area contributed by atoms with Gasteiger partial charge in [0.05, 0.1) is 24.4 Å². The molecule has 1 aromatic carbocycles. The normalized spacial score (nSPS) is 19.3. The topological polar surface area (TPSA) is 54.5 Å². The number of aryl methyl sites for hydroxylation is 2. The number of halogens is 1. The summed E-state index contributed by atoms with van der Waals surface area (Å²) in [6.07, 6.45) is 8.82. The van der Waals surface area contributed by atoms with Gasteiger partial charge in [-0.15, -0.1) is 11.3 Å². The van der Waals surface area contributed by atoms with Crippen molar-refractivity contribution >= 4 is 34.5 Å². The zero-order valence-corrected chi connectivity index (χ0v) is 19.2. The van der Waals surface area contributed by atoms with E-state index in [4.69, 9.17) is 21.3 Å². The van der Waals surface area contributed by atoms with E-state index in [9.17, 15) is 4.79 Å². The van der Waals surface area contributed by atoms with Gasteiger partial charge in [-0.25, -0.2) is 4.98 Å². The smallest absolute Gasteiger partial charge is 0.224 e. The number of anilines is 1. The second kappa shape index (κ2) is 10.1. The molecule has 1 fully saturated rings. The van der Waals surface area contributed by atoms with Crippen LogP contribution >= 0.6 is 22.9 Å². The van der Waals surface area contributed by atoms with Crippen molar-refractivity contribution in [3.63, 3.8) is 0 Å². The lowest BCUT2D eigenvalue weighted by atomic mass is 9.93. The van der Waals surface area contributed by atoms with E-state index in [2.05, 4.69) is 10.2 Å². The Labute approximate surface area is 187 Å². The van der Waals surface area contributed by atoms with Gasteiger partial charge in [0.1, 0.15) is 10.8 Å². The number of carbonyl (C=O) groups is 1. The fourth-order valence-electron chi connectivity index (χ4n) is 4.50. The maximum absolute atomic E-state index is 12.4. The average Bonchev–Trinajstić information content (AvgIpc) is 3.15. The quantitative estimate of drug-likeness (QED) is 0.624. The summed E-state index contributed by atoms with van der Waals surface area (Å²) < 4.78 is 5.15. The number of piperidine rings is 1. The molecule has 2 aliphatic rings. The van der Waals surface area contributed by atoms with Gasteiger partial charge in [-0.1, -0.05) is 11.6 Å². The van der Waals surface area contributed by atoms with E-state index in [-0.39, 0.29) is 5.91 Å². The molecule has 2 heterocycles. The van der Waals surface area contributed by atoms with Crippen molar-refractivity contribution in [2.45, 2.75) is 57.9 Å². The van der Waals surface area contributed by atoms with Crippen LogP contribution in [0, 0.1) is 5.92 Å². The molecule has 1 amide bonds. The summed E-state index contributed by atoms with van der Waals surface area (Å²) in [6, 6.07) is 5.32. The molecule has 5 nitrogen and oxygen atoms in total. The number of rotatable bonds is 7. The van der Waals surface area contributed by atoms with Crippen molar-refractivity contribution in [1.82, 2.24) is 9.88 Å². The Bertz CT molecular complexity index is 862. The van der Waals surface area contributed by atoms with Gasteiger partial charge in [0, 0.05) is 23.5 Å². The second-order valence-electron chi connectivity index (χ2n) is 8.36. The second-order valence-corrected chi connectivity index (χ2v) is 9.94. The fraction of sp³-hybridized carbons (Fsp3) is 0.565. The minimum absolute atomic E-state index is 0.0426. The maximum Gasteiger partial charge on any atom is 0.224 e. The summed E-state index contributed by atoms with van der Waals surface area (Å²) in [7, 11) is 1.58. The van der Waals surface area contributed by atoms with Crippen LogP contribution in [0.15, 0.2) is 18.2 Å². The predicted molar refractivity (Wildman–Crippen MR) is 123 cm³/mol. The number of nitrogens with zero attached hydrogens (tertiary/aromatic N) is 2. The van der Waals surface area contributed by atoms with Crippen molar-refractivity contribution < 1.29 is 9.53 Å². The number of carbonyl (C=O) groups excluding carboxylic acids is 1. The number of nitrogens with one attached hydrogen (secondary N) is 1. The summed E-state index contributed by atoms with van der Waals surface area (Å²) in [5.41, 5.74) is 2.06. The van der Waals surface area contributed by atoms with Crippen molar-refractivity contribution in [3.8, 4) is 5.75 Å². The van der Waals surface area contributed by atoms with E-state index in [0.29, 0.717) is 28.8 Å². The molecule has 7 heteroatoms. The third-order valence-electron chi connectivity index (χ3n) is 6.07. The fourth-order valence-corrected chi connectivity index (χ4v) is 5.95.